The van der Waals surface area contributed by atoms with Crippen molar-refractivity contribution < 1.29 is 19.1 Å². The average molecular weight is 385 g/mol. The normalized spacial score (nSPS) is 11.0. The summed E-state index contributed by atoms with van der Waals surface area (Å²) < 4.78 is 5.52. The second-order valence-corrected chi connectivity index (χ2v) is 5.72. The van der Waals surface area contributed by atoms with Crippen LogP contribution in [-0.2, 0) is 14.9 Å². The molecule has 0 amide bonds. The summed E-state index contributed by atoms with van der Waals surface area (Å²) in [5.41, 5.74) is 1.25. The summed E-state index contributed by atoms with van der Waals surface area (Å²) in [6, 6.07) is 4.91. The fourth-order valence-electron chi connectivity index (χ4n) is 1.98. The van der Waals surface area contributed by atoms with Crippen LogP contribution >= 0.6 is 15.9 Å². The molecule has 1 aromatic carbocycles. The summed E-state index contributed by atoms with van der Waals surface area (Å²) in [5, 5.41) is 31.1. The van der Waals surface area contributed by atoms with Crippen LogP contribution in [-0.4, -0.2) is 23.7 Å². The molecule has 2 rings (SSSR count). The van der Waals surface area contributed by atoms with E-state index in [0.717, 1.165) is 5.56 Å². The largest absolute Gasteiger partial charge is 0.739 e. The molecule has 0 saturated heterocycles. The second kappa shape index (κ2) is 7.40. The van der Waals surface area contributed by atoms with E-state index in [-0.39, 0.29) is 42.0 Å². The number of carbonyl (C=O) groups excluding carboxylic acids is 1. The van der Waals surface area contributed by atoms with Crippen molar-refractivity contribution in [2.75, 3.05) is 11.9 Å². The molecule has 0 saturated carbocycles. The number of nitrogens with zero attached hydrogens (tertiary/aromatic N) is 3. The molecule has 23 heavy (non-hydrogen) atoms. The SMILES string of the molecule is CC(C)OC(=O)CCNc1n[n+]([O-])c2cc(CBr)ccc2[n+]1[O-]. The number of carbonyl (C=O) groups is 1. The van der Waals surface area contributed by atoms with Gasteiger partial charge in [-0.3, -0.25) is 10.1 Å². The van der Waals surface area contributed by atoms with Crippen LogP contribution in [0, 0.1) is 10.4 Å². The minimum Gasteiger partial charge on any atom is -0.739 e. The van der Waals surface area contributed by atoms with E-state index in [2.05, 4.69) is 26.3 Å². The summed E-state index contributed by atoms with van der Waals surface area (Å²) in [6.45, 7) is 3.65. The number of halogens is 1. The van der Waals surface area contributed by atoms with E-state index in [1.807, 2.05) is 0 Å². The van der Waals surface area contributed by atoms with Gasteiger partial charge in [-0.25, -0.2) is 4.73 Å². The lowest BCUT2D eigenvalue weighted by Gasteiger charge is -2.11. The maximum atomic E-state index is 12.2. The van der Waals surface area contributed by atoms with Gasteiger partial charge in [0, 0.05) is 16.2 Å². The molecule has 1 aromatic heterocycles. The standard InChI is InChI=1S/C14H17BrN4O4/c1-9(2)23-13(20)5-6-16-14-17-19(22)12-7-10(8-15)3-4-11(12)18(14)21/h3-4,7,9H,5-6,8H2,1-2H3,(H,16,17). The molecule has 0 fully saturated rings. The Morgan fingerprint density at radius 1 is 1.39 bits per heavy atom. The van der Waals surface area contributed by atoms with E-state index in [9.17, 15) is 15.2 Å². The Bertz CT molecular complexity index is 723. The Kier molecular flexibility index (Phi) is 5.54. The molecule has 0 aliphatic carbocycles. The molecule has 9 heteroatoms. The number of benzene rings is 1. The summed E-state index contributed by atoms with van der Waals surface area (Å²) in [5.74, 6) is -0.542. The van der Waals surface area contributed by atoms with Gasteiger partial charge in [0.2, 0.25) is 5.10 Å². The number of ether oxygens (including phenoxy) is 1. The predicted octanol–water partition coefficient (Wildman–Crippen LogP) is 1.15. The van der Waals surface area contributed by atoms with Crippen LogP contribution in [0.2, 0.25) is 0 Å². The van der Waals surface area contributed by atoms with Gasteiger partial charge in [0.05, 0.1) is 19.1 Å². The highest BCUT2D eigenvalue weighted by atomic mass is 79.9. The van der Waals surface area contributed by atoms with Crippen molar-refractivity contribution in [2.45, 2.75) is 31.7 Å². The molecule has 1 heterocycles. The van der Waals surface area contributed by atoms with Crippen LogP contribution in [0.3, 0.4) is 0 Å². The van der Waals surface area contributed by atoms with E-state index < -0.39 is 0 Å². The van der Waals surface area contributed by atoms with Gasteiger partial charge < -0.3 is 15.2 Å². The molecule has 2 aromatic rings. The highest BCUT2D eigenvalue weighted by Gasteiger charge is 2.20. The van der Waals surface area contributed by atoms with Gasteiger partial charge in [0.15, 0.2) is 5.52 Å². The van der Waals surface area contributed by atoms with Crippen LogP contribution in [0.4, 0.5) is 5.95 Å². The first-order valence-corrected chi connectivity index (χ1v) is 8.20. The number of hydrogen-bond donors (Lipinski definition) is 1. The number of alkyl halides is 1. The molecule has 0 aliphatic rings. The summed E-state index contributed by atoms with van der Waals surface area (Å²) in [4.78, 5) is 11.8. The highest BCUT2D eigenvalue weighted by Crippen LogP contribution is 2.12. The number of esters is 1. The van der Waals surface area contributed by atoms with E-state index >= 15 is 0 Å². The van der Waals surface area contributed by atoms with E-state index in [1.165, 1.54) is 0 Å². The van der Waals surface area contributed by atoms with Crippen LogP contribution in [0.25, 0.3) is 11.0 Å². The molecule has 0 bridgehead atoms. The molecule has 0 radical (unpaired) electrons. The predicted molar refractivity (Wildman–Crippen MR) is 86.6 cm³/mol. The number of hydrogen-bond acceptors (Lipinski definition) is 6. The zero-order valence-corrected chi connectivity index (χ0v) is 14.4. The molecule has 1 N–H and O–H groups in total. The van der Waals surface area contributed by atoms with Crippen LogP contribution < -0.4 is 14.9 Å². The molecule has 124 valence electrons. The quantitative estimate of drug-likeness (QED) is 0.346. The Hall–Kier alpha value is -2.16. The van der Waals surface area contributed by atoms with Crippen LogP contribution in [0.15, 0.2) is 18.2 Å². The minimum atomic E-state index is -0.386. The Labute approximate surface area is 141 Å². The van der Waals surface area contributed by atoms with Gasteiger partial charge >= 0.3 is 11.9 Å². The number of fused-ring (bicyclic) bond motifs is 1. The number of anilines is 1. The summed E-state index contributed by atoms with van der Waals surface area (Å²) in [7, 11) is 0. The van der Waals surface area contributed by atoms with E-state index in [0.29, 0.717) is 14.9 Å². The zero-order chi connectivity index (χ0) is 17.0. The first-order chi connectivity index (χ1) is 10.9. The maximum Gasteiger partial charge on any atom is 0.460 e. The third kappa shape index (κ3) is 4.19. The lowest BCUT2D eigenvalue weighted by atomic mass is 10.2. The summed E-state index contributed by atoms with van der Waals surface area (Å²) >= 11 is 3.29. The van der Waals surface area contributed by atoms with Crippen molar-refractivity contribution in [3.05, 3.63) is 34.2 Å². The van der Waals surface area contributed by atoms with Crippen LogP contribution in [0.1, 0.15) is 25.8 Å². The molecule has 8 nitrogen and oxygen atoms in total. The third-order valence-electron chi connectivity index (χ3n) is 2.98. The topological polar surface area (TPSA) is 105 Å². The minimum absolute atomic E-state index is 0.0687. The molecule has 0 aliphatic heterocycles. The van der Waals surface area contributed by atoms with Gasteiger partial charge in [-0.05, 0) is 25.5 Å². The zero-order valence-electron chi connectivity index (χ0n) is 12.8. The Balaban J connectivity index is 2.16. The third-order valence-corrected chi connectivity index (χ3v) is 3.62. The smallest absolute Gasteiger partial charge is 0.460 e. The molecule has 0 atom stereocenters. The molecule has 0 unspecified atom stereocenters. The Morgan fingerprint density at radius 2 is 2.13 bits per heavy atom. The lowest BCUT2D eigenvalue weighted by Crippen LogP contribution is -2.44. The second-order valence-electron chi connectivity index (χ2n) is 5.16. The lowest BCUT2D eigenvalue weighted by molar-refractivity contribution is -0.672. The molecular weight excluding hydrogens is 368 g/mol. The molecule has 0 spiro atoms. The van der Waals surface area contributed by atoms with Crippen LogP contribution in [0.5, 0.6) is 0 Å². The fraction of sp³-hybridized carbons (Fsp3) is 0.429. The number of rotatable bonds is 6. The van der Waals surface area contributed by atoms with Crippen molar-refractivity contribution in [3.8, 4) is 0 Å². The number of nitrogens with one attached hydrogen (secondary N) is 1. The Morgan fingerprint density at radius 3 is 2.78 bits per heavy atom. The van der Waals surface area contributed by atoms with Crippen molar-refractivity contribution in [2.24, 2.45) is 0 Å². The van der Waals surface area contributed by atoms with Gasteiger partial charge in [0.1, 0.15) is 0 Å². The first-order valence-electron chi connectivity index (χ1n) is 7.07. The average Bonchev–Trinajstić information content (AvgIpc) is 2.50. The van der Waals surface area contributed by atoms with E-state index in [4.69, 9.17) is 4.74 Å². The monoisotopic (exact) mass is 384 g/mol. The van der Waals surface area contributed by atoms with Crippen molar-refractivity contribution in [1.82, 2.24) is 5.10 Å². The highest BCUT2D eigenvalue weighted by molar-refractivity contribution is 9.08. The first kappa shape index (κ1) is 17.2. The van der Waals surface area contributed by atoms with Crippen molar-refractivity contribution in [3.63, 3.8) is 0 Å². The van der Waals surface area contributed by atoms with Gasteiger partial charge in [-0.1, -0.05) is 22.0 Å². The van der Waals surface area contributed by atoms with Gasteiger partial charge in [-0.2, -0.15) is 0 Å². The molecular formula is C14H17BrN4O4. The van der Waals surface area contributed by atoms with E-state index in [1.54, 1.807) is 32.0 Å². The van der Waals surface area contributed by atoms with Gasteiger partial charge in [-0.15, -0.1) is 0 Å². The maximum absolute atomic E-state index is 12.2. The number of aromatic nitrogens is 3. The van der Waals surface area contributed by atoms with Crippen molar-refractivity contribution >= 4 is 38.9 Å². The summed E-state index contributed by atoms with van der Waals surface area (Å²) in [6.07, 6.45) is -0.127. The fourth-order valence-corrected chi connectivity index (χ4v) is 2.33. The van der Waals surface area contributed by atoms with Gasteiger partial charge in [0.25, 0.3) is 5.52 Å². The van der Waals surface area contributed by atoms with Crippen molar-refractivity contribution in [1.29, 1.82) is 0 Å².